The molecule has 1 saturated heterocycles. The number of hydrogen-bond acceptors (Lipinski definition) is 3. The van der Waals surface area contributed by atoms with Crippen LogP contribution >= 0.6 is 0 Å². The number of carbonyl (C=O) groups excluding carboxylic acids is 2. The predicted molar refractivity (Wildman–Crippen MR) is 124 cm³/mol. The maximum absolute atomic E-state index is 13.3. The molecule has 0 saturated carbocycles. The minimum absolute atomic E-state index is 0.0103. The summed E-state index contributed by atoms with van der Waals surface area (Å²) in [6.07, 6.45) is 0.761. The van der Waals surface area contributed by atoms with Crippen molar-refractivity contribution in [3.05, 3.63) is 95.6 Å². The summed E-state index contributed by atoms with van der Waals surface area (Å²) in [5, 5.41) is 3.35. The Bertz CT molecular complexity index is 1070. The lowest BCUT2D eigenvalue weighted by Gasteiger charge is -2.23. The average molecular weight is 414 g/mol. The Morgan fingerprint density at radius 3 is 2.16 bits per heavy atom. The Balaban J connectivity index is 1.46. The van der Waals surface area contributed by atoms with Crippen molar-refractivity contribution in [2.75, 3.05) is 31.5 Å². The van der Waals surface area contributed by atoms with Gasteiger partial charge < -0.3 is 15.1 Å². The maximum atomic E-state index is 13.3. The van der Waals surface area contributed by atoms with Gasteiger partial charge in [0.05, 0.1) is 11.3 Å². The van der Waals surface area contributed by atoms with E-state index in [9.17, 15) is 9.59 Å². The van der Waals surface area contributed by atoms with E-state index < -0.39 is 0 Å². The van der Waals surface area contributed by atoms with Gasteiger partial charge in [0.1, 0.15) is 0 Å². The standard InChI is InChI=1S/C26H27N3O2/c1-20-9-7-10-21(19-20)25(30)28-15-8-16-29(18-17-28)26(31)23-13-5-6-14-24(23)27-22-11-3-2-4-12-22/h2-7,9-14,19,27H,8,15-18H2,1H3. The third-order valence-electron chi connectivity index (χ3n) is 5.55. The Morgan fingerprint density at radius 1 is 0.742 bits per heavy atom. The van der Waals surface area contributed by atoms with E-state index in [4.69, 9.17) is 0 Å². The van der Waals surface area contributed by atoms with E-state index in [1.54, 1.807) is 0 Å². The normalized spacial score (nSPS) is 14.1. The fourth-order valence-corrected chi connectivity index (χ4v) is 3.91. The molecule has 1 fully saturated rings. The van der Waals surface area contributed by atoms with Crippen LogP contribution in [-0.4, -0.2) is 47.8 Å². The summed E-state index contributed by atoms with van der Waals surface area (Å²) < 4.78 is 0. The van der Waals surface area contributed by atoms with Gasteiger partial charge in [0.25, 0.3) is 11.8 Å². The Hall–Kier alpha value is -3.60. The number of aryl methyl sites for hydroxylation is 1. The molecule has 0 radical (unpaired) electrons. The smallest absolute Gasteiger partial charge is 0.256 e. The predicted octanol–water partition coefficient (Wildman–Crippen LogP) is 4.73. The summed E-state index contributed by atoms with van der Waals surface area (Å²) >= 11 is 0. The molecule has 1 aliphatic heterocycles. The first kappa shape index (κ1) is 20.7. The number of para-hydroxylation sites is 2. The Labute approximate surface area is 183 Å². The molecule has 5 heteroatoms. The number of carbonyl (C=O) groups is 2. The zero-order valence-corrected chi connectivity index (χ0v) is 17.8. The lowest BCUT2D eigenvalue weighted by Crippen LogP contribution is -2.37. The summed E-state index contributed by atoms with van der Waals surface area (Å²) in [6, 6.07) is 25.1. The molecule has 31 heavy (non-hydrogen) atoms. The van der Waals surface area contributed by atoms with Crippen molar-refractivity contribution >= 4 is 23.2 Å². The van der Waals surface area contributed by atoms with Crippen LogP contribution < -0.4 is 5.32 Å². The third-order valence-corrected chi connectivity index (χ3v) is 5.55. The number of rotatable bonds is 4. The molecule has 1 aliphatic rings. The molecule has 1 N–H and O–H groups in total. The SMILES string of the molecule is Cc1cccc(C(=O)N2CCCN(C(=O)c3ccccc3Nc3ccccc3)CC2)c1. The summed E-state index contributed by atoms with van der Waals surface area (Å²) in [5.74, 6) is 0.0213. The molecule has 0 atom stereocenters. The van der Waals surface area contributed by atoms with Gasteiger partial charge in [-0.3, -0.25) is 9.59 Å². The van der Waals surface area contributed by atoms with Crippen LogP contribution in [0.25, 0.3) is 0 Å². The van der Waals surface area contributed by atoms with Crippen molar-refractivity contribution < 1.29 is 9.59 Å². The second-order valence-electron chi connectivity index (χ2n) is 7.84. The van der Waals surface area contributed by atoms with Crippen molar-refractivity contribution in [3.8, 4) is 0 Å². The van der Waals surface area contributed by atoms with Crippen LogP contribution in [0, 0.1) is 6.92 Å². The van der Waals surface area contributed by atoms with E-state index in [0.717, 1.165) is 23.4 Å². The largest absolute Gasteiger partial charge is 0.355 e. The molecule has 158 valence electrons. The minimum atomic E-state index is -0.0103. The molecule has 3 aromatic carbocycles. The van der Waals surface area contributed by atoms with Gasteiger partial charge in [0, 0.05) is 37.4 Å². The molecule has 0 bridgehead atoms. The molecule has 1 heterocycles. The molecule has 0 unspecified atom stereocenters. The third kappa shape index (κ3) is 4.94. The van der Waals surface area contributed by atoms with Gasteiger partial charge >= 0.3 is 0 Å². The maximum Gasteiger partial charge on any atom is 0.256 e. The number of amides is 2. The average Bonchev–Trinajstić information content (AvgIpc) is 3.06. The van der Waals surface area contributed by atoms with Crippen LogP contribution in [0.4, 0.5) is 11.4 Å². The fourth-order valence-electron chi connectivity index (χ4n) is 3.91. The highest BCUT2D eigenvalue weighted by Gasteiger charge is 2.24. The summed E-state index contributed by atoms with van der Waals surface area (Å²) in [6.45, 7) is 4.33. The molecule has 0 spiro atoms. The monoisotopic (exact) mass is 413 g/mol. The van der Waals surface area contributed by atoms with Gasteiger partial charge in [-0.15, -0.1) is 0 Å². The number of nitrogens with one attached hydrogen (secondary N) is 1. The first-order valence-corrected chi connectivity index (χ1v) is 10.7. The van der Waals surface area contributed by atoms with Gasteiger partial charge in [-0.25, -0.2) is 0 Å². The number of benzene rings is 3. The Morgan fingerprint density at radius 2 is 1.42 bits per heavy atom. The molecule has 2 amide bonds. The molecule has 0 aromatic heterocycles. The number of anilines is 2. The van der Waals surface area contributed by atoms with E-state index >= 15 is 0 Å². The minimum Gasteiger partial charge on any atom is -0.355 e. The second-order valence-corrected chi connectivity index (χ2v) is 7.84. The zero-order chi connectivity index (χ0) is 21.6. The van der Waals surface area contributed by atoms with E-state index in [2.05, 4.69) is 5.32 Å². The van der Waals surface area contributed by atoms with Crippen LogP contribution in [0.3, 0.4) is 0 Å². The van der Waals surface area contributed by atoms with Crippen molar-refractivity contribution in [3.63, 3.8) is 0 Å². The summed E-state index contributed by atoms with van der Waals surface area (Å²) in [5.41, 5.74) is 4.14. The van der Waals surface area contributed by atoms with Crippen LogP contribution in [0.2, 0.25) is 0 Å². The van der Waals surface area contributed by atoms with Crippen LogP contribution in [0.1, 0.15) is 32.7 Å². The topological polar surface area (TPSA) is 52.7 Å². The van der Waals surface area contributed by atoms with Crippen LogP contribution in [0.5, 0.6) is 0 Å². The van der Waals surface area contributed by atoms with Gasteiger partial charge in [-0.2, -0.15) is 0 Å². The van der Waals surface area contributed by atoms with Gasteiger partial charge in [0.2, 0.25) is 0 Å². The molecule has 4 rings (SSSR count). The van der Waals surface area contributed by atoms with Gasteiger partial charge in [0.15, 0.2) is 0 Å². The highest BCUT2D eigenvalue weighted by Crippen LogP contribution is 2.23. The summed E-state index contributed by atoms with van der Waals surface area (Å²) in [4.78, 5) is 30.0. The van der Waals surface area contributed by atoms with Crippen LogP contribution in [-0.2, 0) is 0 Å². The Kier molecular flexibility index (Phi) is 6.32. The number of nitrogens with zero attached hydrogens (tertiary/aromatic N) is 2. The highest BCUT2D eigenvalue weighted by atomic mass is 16.2. The molecule has 5 nitrogen and oxygen atoms in total. The zero-order valence-electron chi connectivity index (χ0n) is 17.8. The quantitative estimate of drug-likeness (QED) is 0.673. The van der Waals surface area contributed by atoms with E-state index in [-0.39, 0.29) is 11.8 Å². The van der Waals surface area contributed by atoms with E-state index in [1.165, 1.54) is 0 Å². The lowest BCUT2D eigenvalue weighted by atomic mass is 10.1. The van der Waals surface area contributed by atoms with Crippen molar-refractivity contribution in [1.29, 1.82) is 0 Å². The van der Waals surface area contributed by atoms with Crippen molar-refractivity contribution in [1.82, 2.24) is 9.80 Å². The van der Waals surface area contributed by atoms with E-state index in [0.29, 0.717) is 37.3 Å². The molecule has 0 aliphatic carbocycles. The van der Waals surface area contributed by atoms with Crippen LogP contribution in [0.15, 0.2) is 78.9 Å². The van der Waals surface area contributed by atoms with Crippen molar-refractivity contribution in [2.24, 2.45) is 0 Å². The van der Waals surface area contributed by atoms with Gasteiger partial charge in [-0.05, 0) is 49.7 Å². The molecular weight excluding hydrogens is 386 g/mol. The second kappa shape index (κ2) is 9.47. The van der Waals surface area contributed by atoms with Crippen molar-refractivity contribution in [2.45, 2.75) is 13.3 Å². The molecule has 3 aromatic rings. The first-order valence-electron chi connectivity index (χ1n) is 10.7. The highest BCUT2D eigenvalue weighted by molar-refractivity contribution is 6.00. The van der Waals surface area contributed by atoms with Gasteiger partial charge in [-0.1, -0.05) is 48.0 Å². The first-order chi connectivity index (χ1) is 15.1. The van der Waals surface area contributed by atoms with E-state index in [1.807, 2.05) is 95.6 Å². The fraction of sp³-hybridized carbons (Fsp3) is 0.231. The molecular formula is C26H27N3O2. The lowest BCUT2D eigenvalue weighted by molar-refractivity contribution is 0.0719. The summed E-state index contributed by atoms with van der Waals surface area (Å²) in [7, 11) is 0. The number of hydrogen-bond donors (Lipinski definition) is 1.